The average molecular weight is 454 g/mol. The molecule has 0 amide bonds. The van der Waals surface area contributed by atoms with Crippen molar-refractivity contribution in [1.29, 1.82) is 0 Å². The zero-order valence-corrected chi connectivity index (χ0v) is 18.9. The van der Waals surface area contributed by atoms with Crippen molar-refractivity contribution in [3.8, 4) is 16.9 Å². The minimum atomic E-state index is -3.18. The Labute approximate surface area is 188 Å². The molecule has 1 saturated carbocycles. The summed E-state index contributed by atoms with van der Waals surface area (Å²) >= 11 is 0. The van der Waals surface area contributed by atoms with Gasteiger partial charge in [-0.3, -0.25) is 0 Å². The van der Waals surface area contributed by atoms with Crippen molar-refractivity contribution >= 4 is 15.9 Å². The number of ether oxygens (including phenoxy) is 1. The van der Waals surface area contributed by atoms with E-state index in [1.165, 1.54) is 19.1 Å². The summed E-state index contributed by atoms with van der Waals surface area (Å²) in [6.45, 7) is 2.50. The molecule has 168 valence electrons. The van der Waals surface area contributed by atoms with Crippen molar-refractivity contribution in [2.75, 3.05) is 30.9 Å². The van der Waals surface area contributed by atoms with Crippen molar-refractivity contribution in [3.63, 3.8) is 0 Å². The number of benzene rings is 2. The number of piperidine rings is 1. The van der Waals surface area contributed by atoms with E-state index in [4.69, 9.17) is 9.26 Å². The predicted molar refractivity (Wildman–Crippen MR) is 122 cm³/mol. The molecule has 0 N–H and O–H groups in total. The highest BCUT2D eigenvalue weighted by molar-refractivity contribution is 7.90. The van der Waals surface area contributed by atoms with Crippen molar-refractivity contribution in [2.24, 2.45) is 5.92 Å². The van der Waals surface area contributed by atoms with E-state index in [0.717, 1.165) is 48.6 Å². The number of anilines is 1. The summed E-state index contributed by atoms with van der Waals surface area (Å²) in [6.07, 6.45) is 5.63. The molecule has 7 nitrogen and oxygen atoms in total. The van der Waals surface area contributed by atoms with Crippen LogP contribution in [-0.2, 0) is 9.84 Å². The van der Waals surface area contributed by atoms with Gasteiger partial charge in [-0.1, -0.05) is 29.4 Å². The molecule has 5 rings (SSSR count). The number of sulfone groups is 1. The van der Waals surface area contributed by atoms with E-state index in [0.29, 0.717) is 29.4 Å². The van der Waals surface area contributed by atoms with Gasteiger partial charge in [0.2, 0.25) is 0 Å². The molecule has 1 aromatic heterocycles. The van der Waals surface area contributed by atoms with Gasteiger partial charge in [0.05, 0.1) is 11.5 Å². The van der Waals surface area contributed by atoms with Crippen molar-refractivity contribution in [1.82, 2.24) is 10.1 Å². The number of rotatable bonds is 7. The van der Waals surface area contributed by atoms with Gasteiger partial charge in [-0.05, 0) is 67.0 Å². The summed E-state index contributed by atoms with van der Waals surface area (Å²) in [5, 5.41) is 4.11. The van der Waals surface area contributed by atoms with Gasteiger partial charge < -0.3 is 14.2 Å². The molecule has 2 fully saturated rings. The third-order valence-electron chi connectivity index (χ3n) is 6.21. The van der Waals surface area contributed by atoms with E-state index >= 15 is 0 Å². The molecule has 0 atom stereocenters. The van der Waals surface area contributed by atoms with E-state index in [9.17, 15) is 8.42 Å². The zero-order valence-electron chi connectivity index (χ0n) is 18.1. The largest absolute Gasteiger partial charge is 0.493 e. The smallest absolute Gasteiger partial charge is 0.324 e. The van der Waals surface area contributed by atoms with Crippen LogP contribution in [0.4, 0.5) is 6.01 Å². The Balaban J connectivity index is 1.11. The lowest BCUT2D eigenvalue weighted by atomic mass is 9.98. The van der Waals surface area contributed by atoms with Crippen molar-refractivity contribution < 1.29 is 17.7 Å². The molecule has 2 heterocycles. The number of hydrogen-bond acceptors (Lipinski definition) is 7. The molecule has 3 aromatic rings. The van der Waals surface area contributed by atoms with Gasteiger partial charge in [0.15, 0.2) is 15.7 Å². The molecule has 1 saturated heterocycles. The second-order valence-corrected chi connectivity index (χ2v) is 10.8. The summed E-state index contributed by atoms with van der Waals surface area (Å²) in [5.74, 6) is 2.71. The van der Waals surface area contributed by atoms with Crippen LogP contribution in [0.15, 0.2) is 57.9 Å². The van der Waals surface area contributed by atoms with Crippen LogP contribution in [0.25, 0.3) is 11.1 Å². The first-order chi connectivity index (χ1) is 15.5. The summed E-state index contributed by atoms with van der Waals surface area (Å²) in [7, 11) is -3.18. The topological polar surface area (TPSA) is 85.5 Å². The van der Waals surface area contributed by atoms with Crippen LogP contribution in [0.2, 0.25) is 0 Å². The van der Waals surface area contributed by atoms with Crippen LogP contribution in [0, 0.1) is 5.92 Å². The lowest BCUT2D eigenvalue weighted by molar-refractivity contribution is 0.220. The molecule has 0 unspecified atom stereocenters. The summed E-state index contributed by atoms with van der Waals surface area (Å²) in [4.78, 5) is 7.06. The maximum atomic E-state index is 11.6. The fraction of sp³-hybridized carbons (Fsp3) is 0.417. The second kappa shape index (κ2) is 8.58. The Morgan fingerprint density at radius 2 is 1.59 bits per heavy atom. The fourth-order valence-corrected chi connectivity index (χ4v) is 4.64. The predicted octanol–water partition coefficient (Wildman–Crippen LogP) is 4.31. The fourth-order valence-electron chi connectivity index (χ4n) is 4.01. The quantitative estimate of drug-likeness (QED) is 0.527. The first-order valence-corrected chi connectivity index (χ1v) is 13.0. The zero-order chi connectivity index (χ0) is 22.1. The van der Waals surface area contributed by atoms with Crippen molar-refractivity contribution in [2.45, 2.75) is 36.5 Å². The molecular formula is C24H27N3O4S. The van der Waals surface area contributed by atoms with Crippen LogP contribution < -0.4 is 9.64 Å². The van der Waals surface area contributed by atoms with E-state index in [1.54, 1.807) is 12.1 Å². The monoisotopic (exact) mass is 453 g/mol. The Bertz CT molecular complexity index is 1160. The van der Waals surface area contributed by atoms with Gasteiger partial charge in [-0.25, -0.2) is 8.42 Å². The number of aromatic nitrogens is 2. The highest BCUT2D eigenvalue weighted by atomic mass is 32.2. The third kappa shape index (κ3) is 4.80. The van der Waals surface area contributed by atoms with Gasteiger partial charge in [0, 0.05) is 25.3 Å². The van der Waals surface area contributed by atoms with E-state index < -0.39 is 9.84 Å². The van der Waals surface area contributed by atoms with Gasteiger partial charge in [0.1, 0.15) is 5.75 Å². The molecule has 1 aliphatic carbocycles. The molecule has 32 heavy (non-hydrogen) atoms. The Kier molecular flexibility index (Phi) is 5.63. The van der Waals surface area contributed by atoms with E-state index in [1.807, 2.05) is 36.4 Å². The Morgan fingerprint density at radius 3 is 2.19 bits per heavy atom. The number of hydrogen-bond donors (Lipinski definition) is 0. The molecular weight excluding hydrogens is 426 g/mol. The molecule has 0 radical (unpaired) electrons. The van der Waals surface area contributed by atoms with Crippen LogP contribution in [-0.4, -0.2) is 44.5 Å². The summed E-state index contributed by atoms with van der Waals surface area (Å²) < 4.78 is 34.7. The molecule has 0 bridgehead atoms. The molecule has 8 heteroatoms. The molecule has 1 aliphatic heterocycles. The van der Waals surface area contributed by atoms with E-state index in [-0.39, 0.29) is 0 Å². The first kappa shape index (κ1) is 21.0. The minimum Gasteiger partial charge on any atom is -0.493 e. The summed E-state index contributed by atoms with van der Waals surface area (Å²) in [5.41, 5.74) is 2.00. The highest BCUT2D eigenvalue weighted by Gasteiger charge is 2.30. The van der Waals surface area contributed by atoms with Crippen LogP contribution in [0.5, 0.6) is 5.75 Å². The van der Waals surface area contributed by atoms with Gasteiger partial charge in [0.25, 0.3) is 0 Å². The van der Waals surface area contributed by atoms with Crippen LogP contribution in [0.3, 0.4) is 0 Å². The Morgan fingerprint density at radius 1 is 0.969 bits per heavy atom. The van der Waals surface area contributed by atoms with Crippen molar-refractivity contribution in [3.05, 3.63) is 54.4 Å². The van der Waals surface area contributed by atoms with Gasteiger partial charge >= 0.3 is 6.01 Å². The third-order valence-corrected chi connectivity index (χ3v) is 7.34. The first-order valence-electron chi connectivity index (χ1n) is 11.1. The SMILES string of the molecule is CS(=O)(=O)c1ccc(-c2ccc(OCC3CCN(c4nc(C5CC5)no4)CC3)cc2)cc1. The number of nitrogens with zero attached hydrogens (tertiary/aromatic N) is 3. The lowest BCUT2D eigenvalue weighted by Crippen LogP contribution is -2.35. The van der Waals surface area contributed by atoms with Crippen LogP contribution in [0.1, 0.15) is 37.4 Å². The maximum absolute atomic E-state index is 11.6. The molecule has 2 aromatic carbocycles. The minimum absolute atomic E-state index is 0.328. The molecule has 2 aliphatic rings. The van der Waals surface area contributed by atoms with E-state index in [2.05, 4.69) is 15.0 Å². The normalized spacial score (nSPS) is 17.5. The van der Waals surface area contributed by atoms with Crippen LogP contribution >= 0.6 is 0 Å². The van der Waals surface area contributed by atoms with Gasteiger partial charge in [-0.15, -0.1) is 0 Å². The standard InChI is InChI=1S/C24H27N3O4S/c1-32(28,29)22-10-6-19(7-11-22)18-4-8-21(9-5-18)30-16-17-12-14-27(15-13-17)24-25-23(26-31-24)20-2-3-20/h4-11,17,20H,2-3,12-16H2,1H3. The maximum Gasteiger partial charge on any atom is 0.324 e. The van der Waals surface area contributed by atoms with Gasteiger partial charge in [-0.2, -0.15) is 4.98 Å². The molecule has 0 spiro atoms. The lowest BCUT2D eigenvalue weighted by Gasteiger charge is -2.30. The Hall–Kier alpha value is -2.87. The summed E-state index contributed by atoms with van der Waals surface area (Å²) in [6, 6.07) is 15.5. The highest BCUT2D eigenvalue weighted by Crippen LogP contribution is 2.39. The second-order valence-electron chi connectivity index (χ2n) is 8.77. The average Bonchev–Trinajstić information content (AvgIpc) is 3.54.